The van der Waals surface area contributed by atoms with Crippen LogP contribution in [0.1, 0.15) is 29.4 Å². The molecule has 2 aromatic heterocycles. The number of fused-ring (bicyclic) bond motifs is 1. The molecular formula is C20H22N4O2S. The van der Waals surface area contributed by atoms with Crippen molar-refractivity contribution < 1.29 is 4.79 Å². The van der Waals surface area contributed by atoms with E-state index in [1.807, 2.05) is 30.0 Å². The van der Waals surface area contributed by atoms with Gasteiger partial charge < -0.3 is 14.8 Å². The lowest BCUT2D eigenvalue weighted by molar-refractivity contribution is 0.0765. The van der Waals surface area contributed by atoms with E-state index in [1.54, 1.807) is 17.4 Å². The molecule has 1 aliphatic heterocycles. The highest BCUT2D eigenvalue weighted by Crippen LogP contribution is 2.29. The van der Waals surface area contributed by atoms with E-state index in [4.69, 9.17) is 4.98 Å². The molecule has 0 atom stereocenters. The lowest BCUT2D eigenvalue weighted by atomic mass is 10.1. The number of hydrogen-bond acceptors (Lipinski definition) is 5. The predicted molar refractivity (Wildman–Crippen MR) is 109 cm³/mol. The van der Waals surface area contributed by atoms with Crippen LogP contribution in [0.4, 0.5) is 5.13 Å². The van der Waals surface area contributed by atoms with E-state index in [0.717, 1.165) is 30.2 Å². The molecule has 7 heteroatoms. The average molecular weight is 382 g/mol. The number of carbonyl (C=O) groups excluding carboxylic acids is 1. The first kappa shape index (κ1) is 17.7. The van der Waals surface area contributed by atoms with Gasteiger partial charge in [0.25, 0.3) is 5.91 Å². The Kier molecular flexibility index (Phi) is 4.94. The minimum absolute atomic E-state index is 0.00532. The maximum Gasteiger partial charge on any atom is 0.255 e. The molecule has 0 spiro atoms. The molecule has 27 heavy (non-hydrogen) atoms. The number of pyridine rings is 1. The van der Waals surface area contributed by atoms with Crippen LogP contribution >= 0.6 is 11.3 Å². The smallest absolute Gasteiger partial charge is 0.255 e. The first-order valence-corrected chi connectivity index (χ1v) is 10.1. The minimum Gasteiger partial charge on any atom is -0.346 e. The number of carbonyl (C=O) groups is 1. The maximum absolute atomic E-state index is 13.0. The Hall–Kier alpha value is -2.67. The standard InChI is InChI=1S/C20H22N4O2S/c1-2-15-14(8-9-18(25)21-15)19(26)23-10-5-11-24(13-12-23)20-22-16-6-3-4-7-17(16)27-20/h3-4,6-9H,2,5,10-13H2,1H3,(H,21,25). The van der Waals surface area contributed by atoms with Gasteiger partial charge in [0, 0.05) is 37.9 Å². The summed E-state index contributed by atoms with van der Waals surface area (Å²) >= 11 is 1.70. The third kappa shape index (κ3) is 3.60. The summed E-state index contributed by atoms with van der Waals surface area (Å²) in [6.45, 7) is 4.95. The number of nitrogens with one attached hydrogen (secondary N) is 1. The fraction of sp³-hybridized carbons (Fsp3) is 0.350. The fourth-order valence-electron chi connectivity index (χ4n) is 3.47. The molecule has 1 aromatic carbocycles. The Morgan fingerprint density at radius 3 is 2.81 bits per heavy atom. The van der Waals surface area contributed by atoms with Crippen LogP contribution in [0.5, 0.6) is 0 Å². The van der Waals surface area contributed by atoms with Gasteiger partial charge in [0.05, 0.1) is 15.8 Å². The number of aryl methyl sites for hydroxylation is 1. The molecule has 3 aromatic rings. The number of nitrogens with zero attached hydrogens (tertiary/aromatic N) is 3. The van der Waals surface area contributed by atoms with Crippen molar-refractivity contribution in [2.24, 2.45) is 0 Å². The molecule has 6 nitrogen and oxygen atoms in total. The van der Waals surface area contributed by atoms with E-state index >= 15 is 0 Å². The largest absolute Gasteiger partial charge is 0.346 e. The van der Waals surface area contributed by atoms with Crippen molar-refractivity contribution in [1.29, 1.82) is 0 Å². The number of para-hydroxylation sites is 1. The van der Waals surface area contributed by atoms with Crippen molar-refractivity contribution in [3.63, 3.8) is 0 Å². The molecule has 1 amide bonds. The van der Waals surface area contributed by atoms with E-state index in [-0.39, 0.29) is 11.5 Å². The Morgan fingerprint density at radius 2 is 2.00 bits per heavy atom. The van der Waals surface area contributed by atoms with Gasteiger partial charge in [-0.2, -0.15) is 0 Å². The van der Waals surface area contributed by atoms with Gasteiger partial charge >= 0.3 is 0 Å². The van der Waals surface area contributed by atoms with Gasteiger partial charge in [-0.25, -0.2) is 4.98 Å². The lowest BCUT2D eigenvalue weighted by Gasteiger charge is -2.22. The molecule has 4 rings (SSSR count). The molecule has 3 heterocycles. The number of anilines is 1. The molecule has 0 unspecified atom stereocenters. The average Bonchev–Trinajstić information content (AvgIpc) is 2.96. The molecular weight excluding hydrogens is 360 g/mol. The molecule has 1 aliphatic rings. The molecule has 0 aliphatic carbocycles. The Balaban J connectivity index is 1.51. The zero-order valence-corrected chi connectivity index (χ0v) is 16.1. The van der Waals surface area contributed by atoms with Crippen molar-refractivity contribution in [3.8, 4) is 0 Å². The van der Waals surface area contributed by atoms with Crippen LogP contribution in [0.25, 0.3) is 10.2 Å². The van der Waals surface area contributed by atoms with Gasteiger partial charge in [-0.1, -0.05) is 30.4 Å². The third-order valence-electron chi connectivity index (χ3n) is 4.92. The second kappa shape index (κ2) is 7.52. The van der Waals surface area contributed by atoms with E-state index in [9.17, 15) is 9.59 Å². The summed E-state index contributed by atoms with van der Waals surface area (Å²) in [7, 11) is 0. The zero-order chi connectivity index (χ0) is 18.8. The number of rotatable bonds is 3. The summed E-state index contributed by atoms with van der Waals surface area (Å²) in [6, 6.07) is 11.2. The summed E-state index contributed by atoms with van der Waals surface area (Å²) in [5.74, 6) is -0.00532. The first-order chi connectivity index (χ1) is 13.2. The number of aromatic amines is 1. The summed E-state index contributed by atoms with van der Waals surface area (Å²) in [6.07, 6.45) is 1.52. The van der Waals surface area contributed by atoms with Gasteiger partial charge in [-0.3, -0.25) is 9.59 Å². The molecule has 140 valence electrons. The molecule has 0 bridgehead atoms. The topological polar surface area (TPSA) is 69.3 Å². The Bertz CT molecular complexity index is 993. The number of amides is 1. The highest BCUT2D eigenvalue weighted by Gasteiger charge is 2.23. The van der Waals surface area contributed by atoms with Gasteiger partial charge in [-0.05, 0) is 31.0 Å². The number of benzene rings is 1. The molecule has 0 saturated carbocycles. The van der Waals surface area contributed by atoms with Crippen LogP contribution in [-0.4, -0.2) is 47.0 Å². The quantitative estimate of drug-likeness (QED) is 0.756. The Morgan fingerprint density at radius 1 is 1.15 bits per heavy atom. The van der Waals surface area contributed by atoms with E-state index in [1.165, 1.54) is 10.8 Å². The van der Waals surface area contributed by atoms with Gasteiger partial charge in [0.1, 0.15) is 0 Å². The summed E-state index contributed by atoms with van der Waals surface area (Å²) in [5.41, 5.74) is 2.17. The SMILES string of the molecule is CCc1[nH]c(=O)ccc1C(=O)N1CCCN(c2nc3ccccc3s2)CC1. The molecule has 1 N–H and O–H groups in total. The van der Waals surface area contributed by atoms with Crippen LogP contribution in [-0.2, 0) is 6.42 Å². The van der Waals surface area contributed by atoms with Crippen molar-refractivity contribution in [3.05, 3.63) is 58.0 Å². The van der Waals surface area contributed by atoms with Crippen molar-refractivity contribution >= 4 is 32.6 Å². The summed E-state index contributed by atoms with van der Waals surface area (Å²) < 4.78 is 1.19. The zero-order valence-electron chi connectivity index (χ0n) is 15.3. The minimum atomic E-state index is -0.165. The van der Waals surface area contributed by atoms with Crippen molar-refractivity contribution in [2.45, 2.75) is 19.8 Å². The second-order valence-corrected chi connectivity index (χ2v) is 7.67. The normalized spacial score (nSPS) is 15.1. The van der Waals surface area contributed by atoms with E-state index in [0.29, 0.717) is 30.8 Å². The maximum atomic E-state index is 13.0. The Labute approximate surface area is 161 Å². The predicted octanol–water partition coefficient (Wildman–Crippen LogP) is 2.90. The van der Waals surface area contributed by atoms with Crippen LogP contribution < -0.4 is 10.5 Å². The third-order valence-corrected chi connectivity index (χ3v) is 6.02. The highest BCUT2D eigenvalue weighted by atomic mass is 32.1. The molecule has 1 fully saturated rings. The molecule has 0 radical (unpaired) electrons. The van der Waals surface area contributed by atoms with Crippen LogP contribution in [0.3, 0.4) is 0 Å². The number of aromatic nitrogens is 2. The van der Waals surface area contributed by atoms with Crippen LogP contribution in [0, 0.1) is 0 Å². The highest BCUT2D eigenvalue weighted by molar-refractivity contribution is 7.22. The van der Waals surface area contributed by atoms with Gasteiger partial charge in [0.15, 0.2) is 5.13 Å². The van der Waals surface area contributed by atoms with Crippen molar-refractivity contribution in [2.75, 3.05) is 31.1 Å². The number of hydrogen-bond donors (Lipinski definition) is 1. The summed E-state index contributed by atoms with van der Waals surface area (Å²) in [4.78, 5) is 36.2. The monoisotopic (exact) mass is 382 g/mol. The fourth-order valence-corrected chi connectivity index (χ4v) is 4.49. The van der Waals surface area contributed by atoms with Crippen LogP contribution in [0.15, 0.2) is 41.2 Å². The van der Waals surface area contributed by atoms with Gasteiger partial charge in [0.2, 0.25) is 5.56 Å². The van der Waals surface area contributed by atoms with E-state index in [2.05, 4.69) is 16.0 Å². The van der Waals surface area contributed by atoms with Gasteiger partial charge in [-0.15, -0.1) is 0 Å². The number of H-pyrrole nitrogens is 1. The summed E-state index contributed by atoms with van der Waals surface area (Å²) in [5, 5.41) is 1.02. The first-order valence-electron chi connectivity index (χ1n) is 9.27. The number of thiazole rings is 1. The van der Waals surface area contributed by atoms with Crippen LogP contribution in [0.2, 0.25) is 0 Å². The second-order valence-electron chi connectivity index (χ2n) is 6.67. The lowest BCUT2D eigenvalue weighted by Crippen LogP contribution is -2.36. The molecule has 1 saturated heterocycles. The van der Waals surface area contributed by atoms with E-state index < -0.39 is 0 Å². The van der Waals surface area contributed by atoms with Crippen molar-refractivity contribution in [1.82, 2.24) is 14.9 Å².